The molecule has 1 rings (SSSR count). The molecule has 0 aromatic carbocycles. The van der Waals surface area contributed by atoms with Crippen molar-refractivity contribution < 1.29 is 4.39 Å². The Morgan fingerprint density at radius 3 is 3.08 bits per heavy atom. The highest BCUT2D eigenvalue weighted by atomic mass is 19.1. The van der Waals surface area contributed by atoms with Crippen LogP contribution in [0.4, 0.5) is 4.39 Å². The first-order chi connectivity index (χ1) is 5.74. The van der Waals surface area contributed by atoms with Crippen LogP contribution < -0.4 is 0 Å². The van der Waals surface area contributed by atoms with Crippen LogP contribution in [-0.2, 0) is 6.54 Å². The van der Waals surface area contributed by atoms with Gasteiger partial charge in [-0.05, 0) is 23.8 Å². The molecular weight excluding hydrogens is 161 g/mol. The largest absolute Gasteiger partial charge is 0.253 e. The van der Waals surface area contributed by atoms with Gasteiger partial charge in [-0.15, -0.1) is 0 Å². The van der Waals surface area contributed by atoms with Crippen LogP contribution in [-0.4, -0.2) is 26.4 Å². The Hall–Kier alpha value is -1.51. The number of halogens is 1. The zero-order valence-electron chi connectivity index (χ0n) is 6.61. The quantitative estimate of drug-likeness (QED) is 0.652. The zero-order valence-corrected chi connectivity index (χ0v) is 6.61. The van der Waals surface area contributed by atoms with Gasteiger partial charge in [-0.25, -0.2) is 9.07 Å². The summed E-state index contributed by atoms with van der Waals surface area (Å²) in [5.41, 5.74) is 0. The van der Waals surface area contributed by atoms with Crippen molar-refractivity contribution in [1.82, 2.24) is 20.2 Å². The maximum Gasteiger partial charge on any atom is 0.253 e. The fraction of sp³-hybridized carbons (Fsp3) is 0.667. The molecule has 6 heteroatoms. The smallest absolute Gasteiger partial charge is 0.248 e. The first-order valence-electron chi connectivity index (χ1n) is 3.54. The Balaban J connectivity index is 2.58. The second kappa shape index (κ2) is 3.76. The summed E-state index contributed by atoms with van der Waals surface area (Å²) in [5.74, 6) is 0.121. The Morgan fingerprint density at radius 2 is 2.50 bits per heavy atom. The van der Waals surface area contributed by atoms with E-state index in [-0.39, 0.29) is 5.82 Å². The molecule has 0 aliphatic heterocycles. The lowest BCUT2D eigenvalue weighted by Crippen LogP contribution is -2.07. The first-order valence-corrected chi connectivity index (χ1v) is 3.54. The fourth-order valence-corrected chi connectivity index (χ4v) is 0.736. The van der Waals surface area contributed by atoms with Gasteiger partial charge < -0.3 is 0 Å². The van der Waals surface area contributed by atoms with E-state index in [1.165, 1.54) is 11.6 Å². The van der Waals surface area contributed by atoms with Gasteiger partial charge in [-0.1, -0.05) is 5.10 Å². The van der Waals surface area contributed by atoms with E-state index >= 15 is 0 Å². The van der Waals surface area contributed by atoms with Gasteiger partial charge in [-0.2, -0.15) is 5.26 Å². The molecule has 0 aliphatic rings. The minimum absolute atomic E-state index is 0.121. The third-order valence-electron chi connectivity index (χ3n) is 1.37. The summed E-state index contributed by atoms with van der Waals surface area (Å²) < 4.78 is 13.7. The number of nitrogens with zero attached hydrogens (tertiary/aromatic N) is 5. The number of alkyl halides is 1. The van der Waals surface area contributed by atoms with Gasteiger partial charge in [0.1, 0.15) is 6.07 Å². The second-order valence-corrected chi connectivity index (χ2v) is 2.41. The SMILES string of the molecule is CC(F)CCn1nnnc1C#N. The van der Waals surface area contributed by atoms with Crippen LogP contribution >= 0.6 is 0 Å². The summed E-state index contributed by atoms with van der Waals surface area (Å²) >= 11 is 0. The average Bonchev–Trinajstić information content (AvgIpc) is 2.47. The predicted molar refractivity (Wildman–Crippen MR) is 37.7 cm³/mol. The van der Waals surface area contributed by atoms with E-state index in [9.17, 15) is 4.39 Å². The van der Waals surface area contributed by atoms with E-state index in [1.807, 2.05) is 0 Å². The third-order valence-corrected chi connectivity index (χ3v) is 1.37. The average molecular weight is 169 g/mol. The van der Waals surface area contributed by atoms with Crippen LogP contribution in [0.2, 0.25) is 0 Å². The van der Waals surface area contributed by atoms with Crippen molar-refractivity contribution in [2.75, 3.05) is 0 Å². The van der Waals surface area contributed by atoms with Crippen molar-refractivity contribution in [2.24, 2.45) is 0 Å². The maximum atomic E-state index is 12.4. The molecule has 0 bridgehead atoms. The molecule has 0 fully saturated rings. The molecule has 0 saturated heterocycles. The van der Waals surface area contributed by atoms with Gasteiger partial charge in [0.15, 0.2) is 0 Å². The Morgan fingerprint density at radius 1 is 1.75 bits per heavy atom. The number of rotatable bonds is 3. The molecule has 64 valence electrons. The molecule has 1 heterocycles. The number of hydrogen-bond donors (Lipinski definition) is 0. The fourth-order valence-electron chi connectivity index (χ4n) is 0.736. The van der Waals surface area contributed by atoms with E-state index < -0.39 is 6.17 Å². The molecule has 12 heavy (non-hydrogen) atoms. The van der Waals surface area contributed by atoms with E-state index in [2.05, 4.69) is 15.5 Å². The highest BCUT2D eigenvalue weighted by Crippen LogP contribution is 1.99. The molecule has 0 amide bonds. The van der Waals surface area contributed by atoms with E-state index in [0.29, 0.717) is 13.0 Å². The monoisotopic (exact) mass is 169 g/mol. The van der Waals surface area contributed by atoms with Crippen molar-refractivity contribution in [3.8, 4) is 6.07 Å². The van der Waals surface area contributed by atoms with Crippen molar-refractivity contribution in [3.05, 3.63) is 5.82 Å². The molecule has 1 aromatic rings. The lowest BCUT2D eigenvalue weighted by molar-refractivity contribution is 0.318. The molecule has 0 N–H and O–H groups in total. The number of tetrazole rings is 1. The standard InChI is InChI=1S/C6H8FN5/c1-5(7)2-3-12-6(4-8)9-10-11-12/h5H,2-3H2,1H3. The van der Waals surface area contributed by atoms with Crippen LogP contribution in [0, 0.1) is 11.3 Å². The molecule has 0 saturated carbocycles. The highest BCUT2D eigenvalue weighted by molar-refractivity contribution is 5.05. The summed E-state index contributed by atoms with van der Waals surface area (Å²) in [6.07, 6.45) is -0.583. The molecule has 1 atom stereocenters. The van der Waals surface area contributed by atoms with Gasteiger partial charge >= 0.3 is 0 Å². The molecule has 0 aliphatic carbocycles. The Labute approximate surface area is 68.8 Å². The summed E-state index contributed by atoms with van der Waals surface area (Å²) in [6.45, 7) is 1.80. The highest BCUT2D eigenvalue weighted by Gasteiger charge is 2.05. The van der Waals surface area contributed by atoms with E-state index in [4.69, 9.17) is 5.26 Å². The molecular formula is C6H8FN5. The van der Waals surface area contributed by atoms with E-state index in [1.54, 1.807) is 6.07 Å². The van der Waals surface area contributed by atoms with Gasteiger partial charge in [0, 0.05) is 6.54 Å². The van der Waals surface area contributed by atoms with Crippen molar-refractivity contribution in [1.29, 1.82) is 5.26 Å². The van der Waals surface area contributed by atoms with E-state index in [0.717, 1.165) is 0 Å². The normalized spacial score (nSPS) is 12.4. The maximum absolute atomic E-state index is 12.4. The summed E-state index contributed by atoms with van der Waals surface area (Å²) in [4.78, 5) is 0. The van der Waals surface area contributed by atoms with Gasteiger partial charge in [0.2, 0.25) is 0 Å². The predicted octanol–water partition coefficient (Wildman–Crippen LogP) is 0.293. The summed E-state index contributed by atoms with van der Waals surface area (Å²) in [7, 11) is 0. The molecule has 0 radical (unpaired) electrons. The minimum atomic E-state index is -0.902. The van der Waals surface area contributed by atoms with Crippen molar-refractivity contribution in [2.45, 2.75) is 26.1 Å². The number of nitriles is 1. The topological polar surface area (TPSA) is 67.4 Å². The van der Waals surface area contributed by atoms with Gasteiger partial charge in [0.25, 0.3) is 5.82 Å². The van der Waals surface area contributed by atoms with Crippen LogP contribution in [0.25, 0.3) is 0 Å². The van der Waals surface area contributed by atoms with Crippen LogP contribution in [0.15, 0.2) is 0 Å². The van der Waals surface area contributed by atoms with Crippen LogP contribution in [0.5, 0.6) is 0 Å². The van der Waals surface area contributed by atoms with Gasteiger partial charge in [-0.3, -0.25) is 0 Å². The third kappa shape index (κ3) is 1.99. The molecule has 1 aromatic heterocycles. The van der Waals surface area contributed by atoms with Crippen LogP contribution in [0.3, 0.4) is 0 Å². The van der Waals surface area contributed by atoms with Crippen molar-refractivity contribution in [3.63, 3.8) is 0 Å². The number of hydrogen-bond acceptors (Lipinski definition) is 4. The lowest BCUT2D eigenvalue weighted by Gasteiger charge is -2.00. The van der Waals surface area contributed by atoms with Gasteiger partial charge in [0.05, 0.1) is 6.17 Å². The first kappa shape index (κ1) is 8.59. The second-order valence-electron chi connectivity index (χ2n) is 2.41. The Kier molecular flexibility index (Phi) is 2.69. The number of aryl methyl sites for hydroxylation is 1. The Bertz CT molecular complexity index is 286. The zero-order chi connectivity index (χ0) is 8.97. The minimum Gasteiger partial charge on any atom is -0.248 e. The molecule has 5 nitrogen and oxygen atoms in total. The van der Waals surface area contributed by atoms with Crippen molar-refractivity contribution >= 4 is 0 Å². The summed E-state index contributed by atoms with van der Waals surface area (Å²) in [6, 6.07) is 1.80. The summed E-state index contributed by atoms with van der Waals surface area (Å²) in [5, 5.41) is 18.7. The molecule has 0 spiro atoms. The van der Waals surface area contributed by atoms with Crippen LogP contribution in [0.1, 0.15) is 19.2 Å². The lowest BCUT2D eigenvalue weighted by atomic mass is 10.3. The molecule has 1 unspecified atom stereocenters. The number of aromatic nitrogens is 4.